The van der Waals surface area contributed by atoms with Crippen molar-refractivity contribution in [1.29, 1.82) is 0 Å². The fourth-order valence-electron chi connectivity index (χ4n) is 0.361. The Balaban J connectivity index is 3.25. The predicted molar refractivity (Wildman–Crippen MR) is 44.2 cm³/mol. The Kier molecular flexibility index (Phi) is 2.07. The Labute approximate surface area is 70.7 Å². The van der Waals surface area contributed by atoms with E-state index >= 15 is 0 Å². The third kappa shape index (κ3) is 1.42. The first-order chi connectivity index (χ1) is 4.22. The first-order valence-electron chi connectivity index (χ1n) is 2.14. The lowest BCUT2D eigenvalue weighted by Crippen LogP contribution is -1.93. The maximum Gasteiger partial charge on any atom is 0.167 e. The van der Waals surface area contributed by atoms with Crippen molar-refractivity contribution in [1.82, 2.24) is 10.2 Å². The first kappa shape index (κ1) is 7.01. The van der Waals surface area contributed by atoms with Gasteiger partial charge in [-0.05, 0) is 22.6 Å². The topological polar surface area (TPSA) is 51.8 Å². The van der Waals surface area contributed by atoms with Gasteiger partial charge in [0.1, 0.15) is 0 Å². The second-order valence-corrected chi connectivity index (χ2v) is 2.84. The van der Waals surface area contributed by atoms with Crippen LogP contribution in [0.4, 0.5) is 5.69 Å². The molecule has 0 fully saturated rings. The smallest absolute Gasteiger partial charge is 0.167 e. The number of hydrogen-bond donors (Lipinski definition) is 1. The minimum atomic E-state index is 0.357. The highest BCUT2D eigenvalue weighted by Crippen LogP contribution is 2.19. The van der Waals surface area contributed by atoms with Crippen LogP contribution in [0.2, 0.25) is 5.15 Å². The first-order valence-corrected chi connectivity index (χ1v) is 3.59. The SMILES string of the molecule is Nc1cnnc(Cl)c1I. The molecule has 0 aliphatic carbocycles. The number of aromatic nitrogens is 2. The highest BCUT2D eigenvalue weighted by molar-refractivity contribution is 14.1. The second kappa shape index (κ2) is 2.66. The van der Waals surface area contributed by atoms with E-state index in [-0.39, 0.29) is 0 Å². The number of rotatable bonds is 0. The molecule has 1 aromatic rings. The molecular weight excluding hydrogens is 252 g/mol. The molecule has 0 unspecified atom stereocenters. The summed E-state index contributed by atoms with van der Waals surface area (Å²) < 4.78 is 0.754. The van der Waals surface area contributed by atoms with Crippen molar-refractivity contribution in [2.24, 2.45) is 0 Å². The Morgan fingerprint density at radius 1 is 1.67 bits per heavy atom. The van der Waals surface area contributed by atoms with Gasteiger partial charge in [-0.2, -0.15) is 5.10 Å². The molecule has 0 saturated heterocycles. The van der Waals surface area contributed by atoms with Gasteiger partial charge < -0.3 is 5.73 Å². The van der Waals surface area contributed by atoms with E-state index in [1.807, 2.05) is 22.6 Å². The summed E-state index contributed by atoms with van der Waals surface area (Å²) in [7, 11) is 0. The van der Waals surface area contributed by atoms with E-state index < -0.39 is 0 Å². The molecule has 0 aromatic carbocycles. The van der Waals surface area contributed by atoms with Crippen molar-refractivity contribution in [2.75, 3.05) is 5.73 Å². The Bertz CT molecular complexity index is 207. The third-order valence-electron chi connectivity index (χ3n) is 0.777. The molecule has 0 radical (unpaired) electrons. The van der Waals surface area contributed by atoms with Gasteiger partial charge in [0.05, 0.1) is 15.5 Å². The largest absolute Gasteiger partial charge is 0.396 e. The molecule has 0 atom stereocenters. The highest BCUT2D eigenvalue weighted by Gasteiger charge is 2.00. The summed E-state index contributed by atoms with van der Waals surface area (Å²) in [6.07, 6.45) is 1.47. The lowest BCUT2D eigenvalue weighted by atomic mass is 10.5. The van der Waals surface area contributed by atoms with Crippen molar-refractivity contribution in [3.8, 4) is 0 Å². The van der Waals surface area contributed by atoms with Gasteiger partial charge >= 0.3 is 0 Å². The van der Waals surface area contributed by atoms with Gasteiger partial charge in [0.2, 0.25) is 0 Å². The van der Waals surface area contributed by atoms with Gasteiger partial charge in [0.25, 0.3) is 0 Å². The molecule has 1 heterocycles. The summed E-state index contributed by atoms with van der Waals surface area (Å²) >= 11 is 7.56. The molecule has 3 nitrogen and oxygen atoms in total. The van der Waals surface area contributed by atoms with Crippen molar-refractivity contribution < 1.29 is 0 Å². The van der Waals surface area contributed by atoms with Crippen LogP contribution in [-0.2, 0) is 0 Å². The highest BCUT2D eigenvalue weighted by atomic mass is 127. The van der Waals surface area contributed by atoms with Crippen LogP contribution < -0.4 is 5.73 Å². The van der Waals surface area contributed by atoms with E-state index in [1.54, 1.807) is 0 Å². The lowest BCUT2D eigenvalue weighted by Gasteiger charge is -1.94. The van der Waals surface area contributed by atoms with Crippen molar-refractivity contribution in [3.05, 3.63) is 14.9 Å². The predicted octanol–water partition coefficient (Wildman–Crippen LogP) is 1.32. The van der Waals surface area contributed by atoms with E-state index in [4.69, 9.17) is 17.3 Å². The van der Waals surface area contributed by atoms with Gasteiger partial charge in [-0.3, -0.25) is 0 Å². The average Bonchev–Trinajstić information content (AvgIpc) is 1.83. The molecule has 5 heteroatoms. The quantitative estimate of drug-likeness (QED) is 0.711. The van der Waals surface area contributed by atoms with Crippen LogP contribution in [0, 0.1) is 3.57 Å². The fraction of sp³-hybridized carbons (Fsp3) is 0. The molecule has 1 aromatic heterocycles. The molecular formula is C4H3ClIN3. The number of nitrogen functional groups attached to an aromatic ring is 1. The van der Waals surface area contributed by atoms with Crippen LogP contribution in [0.5, 0.6) is 0 Å². The summed E-state index contributed by atoms with van der Waals surface area (Å²) in [6, 6.07) is 0. The van der Waals surface area contributed by atoms with Crippen LogP contribution in [-0.4, -0.2) is 10.2 Å². The summed E-state index contributed by atoms with van der Waals surface area (Å²) in [5.74, 6) is 0. The molecule has 0 aliphatic heterocycles. The average molecular weight is 255 g/mol. The minimum absolute atomic E-state index is 0.357. The van der Waals surface area contributed by atoms with Crippen LogP contribution in [0.15, 0.2) is 6.20 Å². The molecule has 0 bridgehead atoms. The van der Waals surface area contributed by atoms with Crippen LogP contribution in [0.1, 0.15) is 0 Å². The monoisotopic (exact) mass is 255 g/mol. The van der Waals surface area contributed by atoms with E-state index in [0.29, 0.717) is 10.8 Å². The van der Waals surface area contributed by atoms with Gasteiger partial charge in [-0.1, -0.05) is 11.6 Å². The van der Waals surface area contributed by atoms with E-state index in [9.17, 15) is 0 Å². The number of hydrogen-bond acceptors (Lipinski definition) is 3. The standard InChI is InChI=1S/C4H3ClIN3/c5-4-3(6)2(7)1-8-9-4/h1H,(H2,7,9). The molecule has 0 aliphatic rings. The summed E-state index contributed by atoms with van der Waals surface area (Å²) in [5, 5.41) is 7.46. The van der Waals surface area contributed by atoms with Gasteiger partial charge in [-0.25, -0.2) is 0 Å². The number of anilines is 1. The molecule has 0 spiro atoms. The molecule has 0 saturated carbocycles. The molecule has 2 N–H and O–H groups in total. The number of nitrogens with zero attached hydrogens (tertiary/aromatic N) is 2. The zero-order chi connectivity index (χ0) is 6.85. The Morgan fingerprint density at radius 2 is 2.33 bits per heavy atom. The summed E-state index contributed by atoms with van der Waals surface area (Å²) in [6.45, 7) is 0. The van der Waals surface area contributed by atoms with Crippen LogP contribution in [0.25, 0.3) is 0 Å². The summed E-state index contributed by atoms with van der Waals surface area (Å²) in [4.78, 5) is 0. The van der Waals surface area contributed by atoms with Gasteiger partial charge in [-0.15, -0.1) is 5.10 Å². The second-order valence-electron chi connectivity index (χ2n) is 1.40. The van der Waals surface area contributed by atoms with Crippen LogP contribution >= 0.6 is 34.2 Å². The lowest BCUT2D eigenvalue weighted by molar-refractivity contribution is 1.03. The third-order valence-corrected chi connectivity index (χ3v) is 2.49. The van der Waals surface area contributed by atoms with E-state index in [1.165, 1.54) is 6.20 Å². The normalized spacial score (nSPS) is 9.56. The molecule has 48 valence electrons. The number of nitrogens with two attached hydrogens (primary N) is 1. The summed E-state index contributed by atoms with van der Waals surface area (Å²) in [5.41, 5.74) is 5.99. The Hall–Kier alpha value is -0.100. The van der Waals surface area contributed by atoms with Crippen molar-refractivity contribution >= 4 is 39.9 Å². The van der Waals surface area contributed by atoms with Gasteiger partial charge in [0, 0.05) is 0 Å². The maximum absolute atomic E-state index is 5.55. The Morgan fingerprint density at radius 3 is 2.78 bits per heavy atom. The molecule has 0 amide bonds. The molecule has 9 heavy (non-hydrogen) atoms. The fourth-order valence-corrected chi connectivity index (χ4v) is 0.761. The maximum atomic E-state index is 5.55. The molecule has 1 rings (SSSR count). The number of halogens is 2. The van der Waals surface area contributed by atoms with E-state index in [0.717, 1.165) is 3.57 Å². The minimum Gasteiger partial charge on any atom is -0.396 e. The van der Waals surface area contributed by atoms with Crippen molar-refractivity contribution in [3.63, 3.8) is 0 Å². The van der Waals surface area contributed by atoms with Crippen LogP contribution in [0.3, 0.4) is 0 Å². The van der Waals surface area contributed by atoms with E-state index in [2.05, 4.69) is 10.2 Å². The van der Waals surface area contributed by atoms with Gasteiger partial charge in [0.15, 0.2) is 5.15 Å². The zero-order valence-corrected chi connectivity index (χ0v) is 7.22. The van der Waals surface area contributed by atoms with Crippen molar-refractivity contribution in [2.45, 2.75) is 0 Å². The zero-order valence-electron chi connectivity index (χ0n) is 4.31.